The molecular weight excluding hydrogens is 192 g/mol. The Morgan fingerprint density at radius 1 is 0.867 bits per heavy atom. The van der Waals surface area contributed by atoms with Gasteiger partial charge in [0.1, 0.15) is 0 Å². The van der Waals surface area contributed by atoms with Gasteiger partial charge in [0.2, 0.25) is 0 Å². The van der Waals surface area contributed by atoms with Gasteiger partial charge >= 0.3 is 0 Å². The van der Waals surface area contributed by atoms with Crippen molar-refractivity contribution in [1.82, 2.24) is 0 Å². The molecule has 0 bridgehead atoms. The molecule has 15 heavy (non-hydrogen) atoms. The van der Waals surface area contributed by atoms with Crippen molar-refractivity contribution in [2.24, 2.45) is 0 Å². The minimum Gasteiger partial charge on any atom is -0.373 e. The second kappa shape index (κ2) is 6.05. The van der Waals surface area contributed by atoms with Crippen molar-refractivity contribution in [3.8, 4) is 0 Å². The molecule has 0 amide bonds. The third-order valence-corrected chi connectivity index (χ3v) is 2.36. The Kier molecular flexibility index (Phi) is 4.39. The molecule has 2 aliphatic rings. The monoisotopic (exact) mass is 210 g/mol. The normalized spacial score (nSPS) is 29.1. The summed E-state index contributed by atoms with van der Waals surface area (Å²) in [4.78, 5) is 0. The highest BCUT2D eigenvalue weighted by Gasteiger charge is 2.20. The molecule has 84 valence electrons. The molecule has 0 spiro atoms. The Hall–Kier alpha value is -0.640. The van der Waals surface area contributed by atoms with Crippen LogP contribution in [0.3, 0.4) is 0 Å². The van der Waals surface area contributed by atoms with Crippen LogP contribution in [-0.4, -0.2) is 38.6 Å². The molecule has 2 fully saturated rings. The first-order valence-corrected chi connectivity index (χ1v) is 5.56. The topological polar surface area (TPSA) is 34.3 Å². The number of hydrogen-bond donors (Lipinski definition) is 0. The molecule has 2 unspecified atom stereocenters. The zero-order valence-electron chi connectivity index (χ0n) is 8.93. The van der Waals surface area contributed by atoms with E-state index in [2.05, 4.69) is 24.3 Å². The Morgan fingerprint density at radius 2 is 1.33 bits per heavy atom. The molecule has 2 saturated heterocycles. The predicted molar refractivity (Wildman–Crippen MR) is 57.8 cm³/mol. The van der Waals surface area contributed by atoms with Crippen LogP contribution >= 0.6 is 0 Å². The van der Waals surface area contributed by atoms with Gasteiger partial charge in [0.25, 0.3) is 0 Å². The van der Waals surface area contributed by atoms with Crippen LogP contribution in [0, 0.1) is 0 Å². The summed E-state index contributed by atoms with van der Waals surface area (Å²) in [6.45, 7) is 3.24. The zero-order chi connectivity index (χ0) is 10.3. The summed E-state index contributed by atoms with van der Waals surface area (Å²) < 4.78 is 15.5. The highest BCUT2D eigenvalue weighted by molar-refractivity contribution is 4.90. The first kappa shape index (κ1) is 10.9. The van der Waals surface area contributed by atoms with E-state index in [1.165, 1.54) is 0 Å². The molecule has 3 heteroatoms. The van der Waals surface area contributed by atoms with E-state index in [1.807, 2.05) is 0 Å². The summed E-state index contributed by atoms with van der Waals surface area (Å²) in [5.74, 6) is 0. The number of hydrogen-bond acceptors (Lipinski definition) is 3. The van der Waals surface area contributed by atoms with Gasteiger partial charge in [-0.15, -0.1) is 0 Å². The summed E-state index contributed by atoms with van der Waals surface area (Å²) >= 11 is 0. The van der Waals surface area contributed by atoms with Crippen LogP contribution in [0.5, 0.6) is 0 Å². The summed E-state index contributed by atoms with van der Waals surface area (Å²) in [7, 11) is 0. The zero-order valence-corrected chi connectivity index (χ0v) is 8.93. The smallest absolute Gasteiger partial charge is 0.0844 e. The highest BCUT2D eigenvalue weighted by Crippen LogP contribution is 2.13. The van der Waals surface area contributed by atoms with Crippen molar-refractivity contribution in [1.29, 1.82) is 0 Å². The Bertz CT molecular complexity index is 203. The molecule has 3 nitrogen and oxygen atoms in total. The Balaban J connectivity index is 1.36. The first-order chi connectivity index (χ1) is 7.45. The second-order valence-corrected chi connectivity index (χ2v) is 3.86. The van der Waals surface area contributed by atoms with E-state index >= 15 is 0 Å². The van der Waals surface area contributed by atoms with Crippen LogP contribution in [0.4, 0.5) is 0 Å². The van der Waals surface area contributed by atoms with Crippen molar-refractivity contribution < 1.29 is 14.2 Å². The maximum Gasteiger partial charge on any atom is 0.0844 e. The lowest BCUT2D eigenvalue weighted by Crippen LogP contribution is -1.91. The Labute approximate surface area is 90.7 Å². The van der Waals surface area contributed by atoms with Gasteiger partial charge in [-0.1, -0.05) is 24.3 Å². The van der Waals surface area contributed by atoms with Crippen molar-refractivity contribution in [3.63, 3.8) is 0 Å². The van der Waals surface area contributed by atoms with Gasteiger partial charge < -0.3 is 14.2 Å². The average molecular weight is 210 g/mol. The number of epoxide rings is 2. The van der Waals surface area contributed by atoms with E-state index < -0.39 is 0 Å². The van der Waals surface area contributed by atoms with E-state index in [0.717, 1.165) is 26.1 Å². The average Bonchev–Trinajstić information content (AvgIpc) is 3.10. The fourth-order valence-electron chi connectivity index (χ4n) is 1.24. The predicted octanol–water partition coefficient (Wildman–Crippen LogP) is 1.69. The molecule has 0 N–H and O–H groups in total. The van der Waals surface area contributed by atoms with Crippen LogP contribution < -0.4 is 0 Å². The van der Waals surface area contributed by atoms with E-state index in [9.17, 15) is 0 Å². The quantitative estimate of drug-likeness (QED) is 0.347. The van der Waals surface area contributed by atoms with Crippen molar-refractivity contribution in [3.05, 3.63) is 24.3 Å². The standard InChI is InChI=1S/C12H18O3/c1(5-11-9-14-11)3-7-13-8-4-2-6-12-10-15-12/h1-4,11-12H,5-10H2. The van der Waals surface area contributed by atoms with Gasteiger partial charge in [0.15, 0.2) is 0 Å². The van der Waals surface area contributed by atoms with Crippen molar-refractivity contribution >= 4 is 0 Å². The largest absolute Gasteiger partial charge is 0.373 e. The van der Waals surface area contributed by atoms with E-state index in [1.54, 1.807) is 0 Å². The maximum absolute atomic E-state index is 5.38. The van der Waals surface area contributed by atoms with Gasteiger partial charge in [-0.25, -0.2) is 0 Å². The summed E-state index contributed by atoms with van der Waals surface area (Å²) in [6.07, 6.45) is 11.4. The SMILES string of the molecule is C(=CCC1CO1)COCC=CCC1CO1. The molecule has 0 radical (unpaired) electrons. The van der Waals surface area contributed by atoms with Gasteiger partial charge in [-0.3, -0.25) is 0 Å². The van der Waals surface area contributed by atoms with Gasteiger partial charge in [0.05, 0.1) is 38.6 Å². The van der Waals surface area contributed by atoms with Gasteiger partial charge in [0, 0.05) is 0 Å². The fourth-order valence-corrected chi connectivity index (χ4v) is 1.24. The molecule has 2 heterocycles. The maximum atomic E-state index is 5.38. The first-order valence-electron chi connectivity index (χ1n) is 5.56. The lowest BCUT2D eigenvalue weighted by molar-refractivity contribution is 0.193. The third-order valence-electron chi connectivity index (χ3n) is 2.36. The number of ether oxygens (including phenoxy) is 3. The van der Waals surface area contributed by atoms with Gasteiger partial charge in [-0.2, -0.15) is 0 Å². The van der Waals surface area contributed by atoms with E-state index in [-0.39, 0.29) is 0 Å². The van der Waals surface area contributed by atoms with E-state index in [4.69, 9.17) is 14.2 Å². The molecule has 2 aliphatic heterocycles. The van der Waals surface area contributed by atoms with Gasteiger partial charge in [-0.05, 0) is 12.8 Å². The molecule has 0 aromatic carbocycles. The van der Waals surface area contributed by atoms with Crippen LogP contribution in [0.25, 0.3) is 0 Å². The minimum atomic E-state index is 0.486. The van der Waals surface area contributed by atoms with Crippen molar-refractivity contribution in [2.45, 2.75) is 25.0 Å². The summed E-state index contributed by atoms with van der Waals surface area (Å²) in [5.41, 5.74) is 0. The molecule has 0 aromatic heterocycles. The Morgan fingerprint density at radius 3 is 1.73 bits per heavy atom. The lowest BCUT2D eigenvalue weighted by atomic mass is 10.3. The molecular formula is C12H18O3. The fraction of sp³-hybridized carbons (Fsp3) is 0.667. The molecule has 0 aliphatic carbocycles. The second-order valence-electron chi connectivity index (χ2n) is 3.86. The van der Waals surface area contributed by atoms with Crippen LogP contribution in [0.1, 0.15) is 12.8 Å². The highest BCUT2D eigenvalue weighted by atomic mass is 16.6. The lowest BCUT2D eigenvalue weighted by Gasteiger charge is -1.94. The third kappa shape index (κ3) is 5.72. The minimum absolute atomic E-state index is 0.486. The number of rotatable bonds is 8. The molecule has 0 saturated carbocycles. The summed E-state index contributed by atoms with van der Waals surface area (Å²) in [6, 6.07) is 0. The van der Waals surface area contributed by atoms with Crippen LogP contribution in [-0.2, 0) is 14.2 Å². The molecule has 0 aromatic rings. The molecule has 2 atom stereocenters. The van der Waals surface area contributed by atoms with Crippen molar-refractivity contribution in [2.75, 3.05) is 26.4 Å². The van der Waals surface area contributed by atoms with Crippen LogP contribution in [0.2, 0.25) is 0 Å². The van der Waals surface area contributed by atoms with Crippen LogP contribution in [0.15, 0.2) is 24.3 Å². The van der Waals surface area contributed by atoms with E-state index in [0.29, 0.717) is 25.4 Å². The summed E-state index contributed by atoms with van der Waals surface area (Å²) in [5, 5.41) is 0. The molecule has 2 rings (SSSR count).